The average Bonchev–Trinajstić information content (AvgIpc) is 3.40. The van der Waals surface area contributed by atoms with Gasteiger partial charge in [0.25, 0.3) is 0 Å². The molecule has 2 heterocycles. The Bertz CT molecular complexity index is 544. The molecule has 3 aliphatic rings. The van der Waals surface area contributed by atoms with E-state index < -0.39 is 0 Å². The molecular formula is C19H26N2O. The van der Waals surface area contributed by atoms with E-state index in [0.29, 0.717) is 11.8 Å². The lowest BCUT2D eigenvalue weighted by Crippen LogP contribution is -2.39. The molecule has 22 heavy (non-hydrogen) atoms. The molecule has 0 N–H and O–H groups in total. The van der Waals surface area contributed by atoms with Crippen LogP contribution in [0, 0.1) is 5.92 Å². The summed E-state index contributed by atoms with van der Waals surface area (Å²) in [6.45, 7) is 4.14. The SMILES string of the molecule is O=C(CC1CCN(C2CC2)CC1)N1CCc2ccccc2C1. The van der Waals surface area contributed by atoms with Gasteiger partial charge in [-0.05, 0) is 62.2 Å². The molecule has 1 saturated heterocycles. The first-order valence-corrected chi connectivity index (χ1v) is 8.88. The minimum Gasteiger partial charge on any atom is -0.338 e. The van der Waals surface area contributed by atoms with E-state index in [1.54, 1.807) is 0 Å². The third-order valence-corrected chi connectivity index (χ3v) is 5.66. The Morgan fingerprint density at radius 1 is 1.00 bits per heavy atom. The molecule has 118 valence electrons. The highest BCUT2D eigenvalue weighted by molar-refractivity contribution is 5.76. The van der Waals surface area contributed by atoms with Gasteiger partial charge in [0, 0.05) is 25.6 Å². The van der Waals surface area contributed by atoms with Gasteiger partial charge in [0.15, 0.2) is 0 Å². The predicted molar refractivity (Wildman–Crippen MR) is 87.5 cm³/mol. The van der Waals surface area contributed by atoms with E-state index in [2.05, 4.69) is 34.1 Å². The summed E-state index contributed by atoms with van der Waals surface area (Å²) in [5.41, 5.74) is 2.76. The first kappa shape index (κ1) is 14.3. The molecule has 3 nitrogen and oxygen atoms in total. The molecule has 0 radical (unpaired) electrons. The third-order valence-electron chi connectivity index (χ3n) is 5.66. The van der Waals surface area contributed by atoms with Crippen molar-refractivity contribution >= 4 is 5.91 Å². The highest BCUT2D eigenvalue weighted by Crippen LogP contribution is 2.32. The van der Waals surface area contributed by atoms with Gasteiger partial charge in [0.1, 0.15) is 0 Å². The number of piperidine rings is 1. The zero-order chi connectivity index (χ0) is 14.9. The molecule has 0 unspecified atom stereocenters. The van der Waals surface area contributed by atoms with Gasteiger partial charge in [-0.25, -0.2) is 0 Å². The summed E-state index contributed by atoms with van der Waals surface area (Å²) < 4.78 is 0. The highest BCUT2D eigenvalue weighted by atomic mass is 16.2. The van der Waals surface area contributed by atoms with E-state index in [4.69, 9.17) is 0 Å². The lowest BCUT2D eigenvalue weighted by molar-refractivity contribution is -0.133. The molecule has 1 amide bonds. The number of fused-ring (bicyclic) bond motifs is 1. The molecule has 1 saturated carbocycles. The quantitative estimate of drug-likeness (QED) is 0.856. The van der Waals surface area contributed by atoms with Crippen molar-refractivity contribution < 1.29 is 4.79 Å². The van der Waals surface area contributed by atoms with Crippen molar-refractivity contribution in [3.63, 3.8) is 0 Å². The number of rotatable bonds is 3. The van der Waals surface area contributed by atoms with E-state index in [9.17, 15) is 4.79 Å². The number of hydrogen-bond donors (Lipinski definition) is 0. The van der Waals surface area contributed by atoms with Crippen molar-refractivity contribution in [3.05, 3.63) is 35.4 Å². The average molecular weight is 298 g/mol. The van der Waals surface area contributed by atoms with Gasteiger partial charge >= 0.3 is 0 Å². The van der Waals surface area contributed by atoms with Crippen LogP contribution in [0.4, 0.5) is 0 Å². The van der Waals surface area contributed by atoms with Crippen LogP contribution in [-0.4, -0.2) is 41.4 Å². The monoisotopic (exact) mass is 298 g/mol. The van der Waals surface area contributed by atoms with Crippen molar-refractivity contribution in [2.24, 2.45) is 5.92 Å². The van der Waals surface area contributed by atoms with Crippen LogP contribution < -0.4 is 0 Å². The largest absolute Gasteiger partial charge is 0.338 e. The fourth-order valence-electron chi connectivity index (χ4n) is 4.05. The molecule has 2 aliphatic heterocycles. The summed E-state index contributed by atoms with van der Waals surface area (Å²) in [5.74, 6) is 0.985. The molecule has 0 spiro atoms. The molecule has 2 fully saturated rings. The second-order valence-electron chi connectivity index (χ2n) is 7.25. The molecule has 3 heteroatoms. The van der Waals surface area contributed by atoms with Crippen LogP contribution >= 0.6 is 0 Å². The van der Waals surface area contributed by atoms with Crippen LogP contribution in [0.1, 0.15) is 43.2 Å². The zero-order valence-corrected chi connectivity index (χ0v) is 13.3. The summed E-state index contributed by atoms with van der Waals surface area (Å²) in [6, 6.07) is 9.44. The van der Waals surface area contributed by atoms with Crippen LogP contribution in [0.25, 0.3) is 0 Å². The number of amides is 1. The Kier molecular flexibility index (Phi) is 3.91. The first-order chi connectivity index (χ1) is 10.8. The maximum absolute atomic E-state index is 12.6. The number of hydrogen-bond acceptors (Lipinski definition) is 2. The summed E-state index contributed by atoms with van der Waals surface area (Å²) in [7, 11) is 0. The second-order valence-corrected chi connectivity index (χ2v) is 7.25. The highest BCUT2D eigenvalue weighted by Gasteiger charge is 2.32. The number of carbonyl (C=O) groups excluding carboxylic acids is 1. The van der Waals surface area contributed by atoms with Crippen LogP contribution in [-0.2, 0) is 17.8 Å². The standard InChI is InChI=1S/C19H26N2O/c22-19(13-15-7-10-20(11-8-15)18-5-6-18)21-12-9-16-3-1-2-4-17(16)14-21/h1-4,15,18H,5-14H2. The summed E-state index contributed by atoms with van der Waals surface area (Å²) in [4.78, 5) is 17.3. The van der Waals surface area contributed by atoms with Crippen LogP contribution in [0.5, 0.6) is 0 Å². The van der Waals surface area contributed by atoms with E-state index in [0.717, 1.165) is 32.0 Å². The topological polar surface area (TPSA) is 23.6 Å². The second kappa shape index (κ2) is 6.04. The zero-order valence-electron chi connectivity index (χ0n) is 13.3. The Morgan fingerprint density at radius 2 is 1.73 bits per heavy atom. The van der Waals surface area contributed by atoms with Gasteiger partial charge in [-0.15, -0.1) is 0 Å². The van der Waals surface area contributed by atoms with E-state index in [1.165, 1.54) is 49.9 Å². The van der Waals surface area contributed by atoms with Gasteiger partial charge in [-0.1, -0.05) is 24.3 Å². The van der Waals surface area contributed by atoms with Crippen molar-refractivity contribution in [2.45, 2.75) is 51.1 Å². The first-order valence-electron chi connectivity index (χ1n) is 8.88. The van der Waals surface area contributed by atoms with Crippen LogP contribution in [0.2, 0.25) is 0 Å². The Labute approximate surface area is 133 Å². The molecule has 0 bridgehead atoms. The lowest BCUT2D eigenvalue weighted by atomic mass is 9.92. The Balaban J connectivity index is 1.30. The van der Waals surface area contributed by atoms with Crippen LogP contribution in [0.15, 0.2) is 24.3 Å². The van der Waals surface area contributed by atoms with Crippen molar-refractivity contribution in [3.8, 4) is 0 Å². The number of carbonyl (C=O) groups is 1. The molecule has 1 aliphatic carbocycles. The molecule has 0 aromatic heterocycles. The van der Waals surface area contributed by atoms with Gasteiger partial charge in [-0.2, -0.15) is 0 Å². The Morgan fingerprint density at radius 3 is 2.45 bits per heavy atom. The van der Waals surface area contributed by atoms with E-state index in [1.807, 2.05) is 0 Å². The Hall–Kier alpha value is -1.35. The molecule has 0 atom stereocenters. The molecule has 4 rings (SSSR count). The van der Waals surface area contributed by atoms with Gasteiger partial charge in [0.2, 0.25) is 5.91 Å². The van der Waals surface area contributed by atoms with Crippen molar-refractivity contribution in [1.29, 1.82) is 0 Å². The smallest absolute Gasteiger partial charge is 0.223 e. The van der Waals surface area contributed by atoms with Crippen LogP contribution in [0.3, 0.4) is 0 Å². The fraction of sp³-hybridized carbons (Fsp3) is 0.632. The number of benzene rings is 1. The maximum atomic E-state index is 12.6. The van der Waals surface area contributed by atoms with Crippen molar-refractivity contribution in [2.75, 3.05) is 19.6 Å². The molecule has 1 aromatic rings. The normalized spacial score (nSPS) is 23.4. The lowest BCUT2D eigenvalue weighted by Gasteiger charge is -2.34. The van der Waals surface area contributed by atoms with Crippen molar-refractivity contribution in [1.82, 2.24) is 9.80 Å². The minimum atomic E-state index is 0.374. The van der Waals surface area contributed by atoms with Gasteiger partial charge in [0.05, 0.1) is 0 Å². The van der Waals surface area contributed by atoms with Gasteiger partial charge in [-0.3, -0.25) is 4.79 Å². The van der Waals surface area contributed by atoms with E-state index in [-0.39, 0.29) is 0 Å². The maximum Gasteiger partial charge on any atom is 0.223 e. The minimum absolute atomic E-state index is 0.374. The molecule has 1 aromatic carbocycles. The summed E-state index contributed by atoms with van der Waals surface area (Å²) in [6.07, 6.45) is 7.01. The predicted octanol–water partition coefficient (Wildman–Crippen LogP) is 2.84. The van der Waals surface area contributed by atoms with Gasteiger partial charge < -0.3 is 9.80 Å². The number of likely N-dealkylation sites (tertiary alicyclic amines) is 1. The third kappa shape index (κ3) is 3.05. The fourth-order valence-corrected chi connectivity index (χ4v) is 4.05. The van der Waals surface area contributed by atoms with E-state index >= 15 is 0 Å². The molecular weight excluding hydrogens is 272 g/mol. The summed E-state index contributed by atoms with van der Waals surface area (Å²) in [5, 5.41) is 0. The number of nitrogens with zero attached hydrogens (tertiary/aromatic N) is 2. The summed E-state index contributed by atoms with van der Waals surface area (Å²) >= 11 is 0.